The van der Waals surface area contributed by atoms with Crippen LogP contribution in [-0.2, 0) is 17.6 Å². The lowest BCUT2D eigenvalue weighted by Crippen LogP contribution is -2.14. The number of aryl methyl sites for hydroxylation is 2. The summed E-state index contributed by atoms with van der Waals surface area (Å²) in [5.41, 5.74) is 3.30. The Hall–Kier alpha value is -2.34. The maximum absolute atomic E-state index is 11.7. The Kier molecular flexibility index (Phi) is 4.37. The van der Waals surface area contributed by atoms with Crippen LogP contribution >= 0.6 is 0 Å². The van der Waals surface area contributed by atoms with Crippen molar-refractivity contribution < 1.29 is 4.79 Å². The Balaban J connectivity index is 2.60. The first-order valence-corrected chi connectivity index (χ1v) is 6.87. The molecule has 0 atom stereocenters. The van der Waals surface area contributed by atoms with E-state index in [1.807, 2.05) is 12.1 Å². The van der Waals surface area contributed by atoms with E-state index in [-0.39, 0.29) is 12.5 Å². The SMILES string of the molecule is [C-]#[N+]CC(=O)Nc1cccc2c(CC)ccc(CC)c12. The maximum Gasteiger partial charge on any atom is 0.304 e. The Morgan fingerprint density at radius 3 is 2.50 bits per heavy atom. The van der Waals surface area contributed by atoms with E-state index in [1.54, 1.807) is 0 Å². The van der Waals surface area contributed by atoms with Crippen molar-refractivity contribution >= 4 is 22.4 Å². The zero-order valence-corrected chi connectivity index (χ0v) is 11.9. The van der Waals surface area contributed by atoms with Crippen molar-refractivity contribution in [2.75, 3.05) is 11.9 Å². The molecule has 0 fully saturated rings. The molecular formula is C17H18N2O. The smallest absolute Gasteiger partial charge is 0.304 e. The van der Waals surface area contributed by atoms with Gasteiger partial charge in [0.05, 0.1) is 0 Å². The van der Waals surface area contributed by atoms with Gasteiger partial charge in [-0.2, -0.15) is 0 Å². The highest BCUT2D eigenvalue weighted by Crippen LogP contribution is 2.30. The van der Waals surface area contributed by atoms with Gasteiger partial charge in [-0.3, -0.25) is 4.79 Å². The number of fused-ring (bicyclic) bond motifs is 1. The number of carbonyl (C=O) groups excluding carboxylic acids is 1. The van der Waals surface area contributed by atoms with Gasteiger partial charge < -0.3 is 10.2 Å². The number of nitrogens with zero attached hydrogens (tertiary/aromatic N) is 1. The summed E-state index contributed by atoms with van der Waals surface area (Å²) in [4.78, 5) is 14.8. The molecule has 1 N–H and O–H groups in total. The van der Waals surface area contributed by atoms with Crippen LogP contribution in [-0.4, -0.2) is 12.5 Å². The number of hydrogen-bond acceptors (Lipinski definition) is 1. The molecule has 0 unspecified atom stereocenters. The number of rotatable bonds is 4. The van der Waals surface area contributed by atoms with Gasteiger partial charge in [-0.15, -0.1) is 0 Å². The largest absolute Gasteiger partial charge is 0.319 e. The predicted octanol–water partition coefficient (Wildman–Crippen LogP) is 3.82. The molecule has 0 spiro atoms. The van der Waals surface area contributed by atoms with Crippen molar-refractivity contribution in [1.29, 1.82) is 0 Å². The molecule has 0 heterocycles. The fourth-order valence-corrected chi connectivity index (χ4v) is 2.51. The number of anilines is 1. The van der Waals surface area contributed by atoms with Gasteiger partial charge in [-0.25, -0.2) is 6.57 Å². The van der Waals surface area contributed by atoms with E-state index in [2.05, 4.69) is 42.2 Å². The lowest BCUT2D eigenvalue weighted by Gasteiger charge is -2.13. The molecule has 0 aliphatic heterocycles. The second-order valence-electron chi connectivity index (χ2n) is 4.68. The number of carbonyl (C=O) groups is 1. The van der Waals surface area contributed by atoms with Crippen LogP contribution in [0.5, 0.6) is 0 Å². The minimum atomic E-state index is -0.253. The Bertz CT molecular complexity index is 683. The van der Waals surface area contributed by atoms with Gasteiger partial charge in [0.2, 0.25) is 0 Å². The summed E-state index contributed by atoms with van der Waals surface area (Å²) in [6, 6.07) is 10.2. The van der Waals surface area contributed by atoms with Crippen LogP contribution in [0.25, 0.3) is 15.6 Å². The summed E-state index contributed by atoms with van der Waals surface area (Å²) in [5, 5.41) is 5.15. The fourth-order valence-electron chi connectivity index (χ4n) is 2.51. The Morgan fingerprint density at radius 2 is 1.85 bits per heavy atom. The van der Waals surface area contributed by atoms with Crippen LogP contribution in [0, 0.1) is 6.57 Å². The zero-order valence-electron chi connectivity index (χ0n) is 11.9. The lowest BCUT2D eigenvalue weighted by molar-refractivity contribution is -0.114. The monoisotopic (exact) mass is 266 g/mol. The van der Waals surface area contributed by atoms with Gasteiger partial charge in [0.25, 0.3) is 6.54 Å². The van der Waals surface area contributed by atoms with Gasteiger partial charge in [0, 0.05) is 11.1 Å². The van der Waals surface area contributed by atoms with Crippen molar-refractivity contribution in [2.24, 2.45) is 0 Å². The summed E-state index contributed by atoms with van der Waals surface area (Å²) in [5.74, 6) is -0.253. The normalized spacial score (nSPS) is 10.2. The third kappa shape index (κ3) is 2.65. The first kappa shape index (κ1) is 14.1. The second kappa shape index (κ2) is 6.21. The van der Waals surface area contributed by atoms with Gasteiger partial charge in [-0.1, -0.05) is 38.1 Å². The van der Waals surface area contributed by atoms with Crippen molar-refractivity contribution in [1.82, 2.24) is 0 Å². The summed E-state index contributed by atoms with van der Waals surface area (Å²) in [6.45, 7) is 10.9. The first-order chi connectivity index (χ1) is 9.71. The molecule has 0 saturated heterocycles. The molecule has 20 heavy (non-hydrogen) atoms. The zero-order chi connectivity index (χ0) is 14.5. The molecule has 0 radical (unpaired) electrons. The molecule has 0 aliphatic rings. The molecule has 2 aromatic rings. The third-order valence-corrected chi connectivity index (χ3v) is 3.48. The van der Waals surface area contributed by atoms with E-state index >= 15 is 0 Å². The number of hydrogen-bond donors (Lipinski definition) is 1. The van der Waals surface area contributed by atoms with Crippen molar-refractivity contribution in [3.05, 3.63) is 52.9 Å². The number of benzene rings is 2. The van der Waals surface area contributed by atoms with Gasteiger partial charge in [0.15, 0.2) is 0 Å². The Morgan fingerprint density at radius 1 is 1.15 bits per heavy atom. The van der Waals surface area contributed by atoms with Crippen LogP contribution in [0.1, 0.15) is 25.0 Å². The van der Waals surface area contributed by atoms with Crippen LogP contribution in [0.2, 0.25) is 0 Å². The molecule has 1 amide bonds. The minimum absolute atomic E-state index is 0.134. The van der Waals surface area contributed by atoms with E-state index in [9.17, 15) is 4.79 Å². The highest BCUT2D eigenvalue weighted by atomic mass is 16.1. The summed E-state index contributed by atoms with van der Waals surface area (Å²) in [7, 11) is 0. The van der Waals surface area contributed by atoms with E-state index in [0.29, 0.717) is 0 Å². The van der Waals surface area contributed by atoms with Gasteiger partial charge in [-0.05, 0) is 35.4 Å². The van der Waals surface area contributed by atoms with E-state index in [4.69, 9.17) is 6.57 Å². The molecular weight excluding hydrogens is 248 g/mol. The first-order valence-electron chi connectivity index (χ1n) is 6.87. The molecule has 2 rings (SSSR count). The molecule has 3 nitrogen and oxygen atoms in total. The average molecular weight is 266 g/mol. The van der Waals surface area contributed by atoms with Crippen LogP contribution in [0.3, 0.4) is 0 Å². The second-order valence-corrected chi connectivity index (χ2v) is 4.68. The molecule has 3 heteroatoms. The number of nitrogens with one attached hydrogen (secondary N) is 1. The summed E-state index contributed by atoms with van der Waals surface area (Å²) < 4.78 is 0. The fraction of sp³-hybridized carbons (Fsp3) is 0.294. The van der Waals surface area contributed by atoms with Crippen molar-refractivity contribution in [3.8, 4) is 0 Å². The van der Waals surface area contributed by atoms with E-state index in [1.165, 1.54) is 16.5 Å². The quantitative estimate of drug-likeness (QED) is 0.838. The molecule has 0 bridgehead atoms. The molecule has 0 aliphatic carbocycles. The van der Waals surface area contributed by atoms with E-state index in [0.717, 1.165) is 23.9 Å². The van der Waals surface area contributed by atoms with Gasteiger partial charge in [0.1, 0.15) is 0 Å². The molecule has 102 valence electrons. The topological polar surface area (TPSA) is 33.5 Å². The van der Waals surface area contributed by atoms with Crippen LogP contribution in [0.4, 0.5) is 5.69 Å². The summed E-state index contributed by atoms with van der Waals surface area (Å²) >= 11 is 0. The highest BCUT2D eigenvalue weighted by Gasteiger charge is 2.11. The molecule has 0 aromatic heterocycles. The standard InChI is InChI=1S/C17H18N2O/c1-4-12-9-10-13(5-2)17-14(12)7-6-8-15(17)19-16(20)11-18-3/h6-10H,4-5,11H2,1-2H3,(H,19,20). The van der Waals surface area contributed by atoms with E-state index < -0.39 is 0 Å². The van der Waals surface area contributed by atoms with Crippen LogP contribution in [0.15, 0.2) is 30.3 Å². The third-order valence-electron chi connectivity index (χ3n) is 3.48. The lowest BCUT2D eigenvalue weighted by atomic mass is 9.95. The summed E-state index contributed by atoms with van der Waals surface area (Å²) in [6.07, 6.45) is 1.87. The minimum Gasteiger partial charge on any atom is -0.319 e. The average Bonchev–Trinajstić information content (AvgIpc) is 2.46. The predicted molar refractivity (Wildman–Crippen MR) is 82.8 cm³/mol. The Labute approximate surface area is 119 Å². The number of amides is 1. The van der Waals surface area contributed by atoms with Crippen molar-refractivity contribution in [2.45, 2.75) is 26.7 Å². The van der Waals surface area contributed by atoms with Crippen molar-refractivity contribution in [3.63, 3.8) is 0 Å². The molecule has 0 saturated carbocycles. The highest BCUT2D eigenvalue weighted by molar-refractivity contribution is 6.05. The van der Waals surface area contributed by atoms with Gasteiger partial charge >= 0.3 is 5.91 Å². The molecule has 2 aromatic carbocycles. The van der Waals surface area contributed by atoms with Crippen LogP contribution < -0.4 is 5.32 Å². The maximum atomic E-state index is 11.7.